The number of nitrogens with zero attached hydrogens (tertiary/aromatic N) is 5. The zero-order valence-corrected chi connectivity index (χ0v) is 19.8. The molecule has 1 aliphatic heterocycles. The predicted octanol–water partition coefficient (Wildman–Crippen LogP) is 5.20. The number of benzene rings is 2. The normalized spacial score (nSPS) is 13.6. The lowest BCUT2D eigenvalue weighted by Crippen LogP contribution is -2.36. The van der Waals surface area contributed by atoms with Crippen molar-refractivity contribution in [3.05, 3.63) is 97.1 Å². The number of pyridine rings is 2. The van der Waals surface area contributed by atoms with Gasteiger partial charge in [0.25, 0.3) is 0 Å². The maximum atomic E-state index is 5.54. The average molecular weight is 475 g/mol. The Bertz CT molecular complexity index is 1470. The van der Waals surface area contributed by atoms with E-state index in [0.29, 0.717) is 12.4 Å². The minimum absolute atomic E-state index is 0.557. The van der Waals surface area contributed by atoms with E-state index in [1.54, 1.807) is 18.6 Å². The van der Waals surface area contributed by atoms with Crippen LogP contribution in [0.3, 0.4) is 0 Å². The van der Waals surface area contributed by atoms with Gasteiger partial charge in [-0.1, -0.05) is 30.3 Å². The van der Waals surface area contributed by atoms with Gasteiger partial charge in [0, 0.05) is 42.9 Å². The fourth-order valence-electron chi connectivity index (χ4n) is 4.54. The number of hydrogen-bond donors (Lipinski definition) is 1. The van der Waals surface area contributed by atoms with Crippen molar-refractivity contribution in [1.82, 2.24) is 19.9 Å². The van der Waals surface area contributed by atoms with Crippen molar-refractivity contribution in [2.45, 2.75) is 6.54 Å². The molecule has 36 heavy (non-hydrogen) atoms. The van der Waals surface area contributed by atoms with Crippen molar-refractivity contribution in [2.24, 2.45) is 0 Å². The van der Waals surface area contributed by atoms with Gasteiger partial charge in [-0.3, -0.25) is 9.97 Å². The molecule has 0 atom stereocenters. The maximum Gasteiger partial charge on any atom is 0.163 e. The topological polar surface area (TPSA) is 76.1 Å². The number of nitrogens with one attached hydrogen (secondary N) is 1. The fourth-order valence-corrected chi connectivity index (χ4v) is 4.54. The number of anilines is 2. The van der Waals surface area contributed by atoms with Gasteiger partial charge in [0.2, 0.25) is 0 Å². The molecule has 1 N–H and O–H groups in total. The molecule has 0 amide bonds. The standard InChI is InChI=1S/C29H26N6O/c1-2-13-31-23(8-1)20-32-29-27-25(21-6-3-9-24(18-21)35-14-16-36-17-15-35)10-4-11-26(27)33-28(34-29)22-7-5-12-30-19-22/h1-13,18-19H,14-17,20H2,(H,32,33,34). The van der Waals surface area contributed by atoms with E-state index in [-0.39, 0.29) is 0 Å². The summed E-state index contributed by atoms with van der Waals surface area (Å²) in [4.78, 5) is 21.0. The average Bonchev–Trinajstić information content (AvgIpc) is 2.97. The first kappa shape index (κ1) is 22.1. The molecule has 1 aliphatic rings. The predicted molar refractivity (Wildman–Crippen MR) is 143 cm³/mol. The van der Waals surface area contributed by atoms with E-state index < -0.39 is 0 Å². The van der Waals surface area contributed by atoms with Crippen molar-refractivity contribution in [3.8, 4) is 22.5 Å². The summed E-state index contributed by atoms with van der Waals surface area (Å²) in [6, 6.07) is 24.7. The molecule has 0 saturated carbocycles. The molecular formula is C29H26N6O. The second-order valence-electron chi connectivity index (χ2n) is 8.66. The van der Waals surface area contributed by atoms with Crippen LogP contribution in [0.4, 0.5) is 11.5 Å². The lowest BCUT2D eigenvalue weighted by atomic mass is 9.99. The van der Waals surface area contributed by atoms with Crippen LogP contribution in [0.5, 0.6) is 0 Å². The molecule has 1 saturated heterocycles. The molecule has 0 bridgehead atoms. The van der Waals surface area contributed by atoms with Gasteiger partial charge >= 0.3 is 0 Å². The summed E-state index contributed by atoms with van der Waals surface area (Å²) in [7, 11) is 0. The second-order valence-corrected chi connectivity index (χ2v) is 8.66. The maximum absolute atomic E-state index is 5.54. The smallest absolute Gasteiger partial charge is 0.163 e. The highest BCUT2D eigenvalue weighted by atomic mass is 16.5. The first-order valence-corrected chi connectivity index (χ1v) is 12.1. The minimum Gasteiger partial charge on any atom is -0.378 e. The van der Waals surface area contributed by atoms with Gasteiger partial charge in [-0.25, -0.2) is 9.97 Å². The third-order valence-electron chi connectivity index (χ3n) is 6.34. The van der Waals surface area contributed by atoms with Crippen molar-refractivity contribution in [1.29, 1.82) is 0 Å². The number of ether oxygens (including phenoxy) is 1. The Morgan fingerprint density at radius 2 is 1.72 bits per heavy atom. The SMILES string of the molecule is c1ccc(CNc2nc(-c3cccnc3)nc3cccc(-c4cccc(N5CCOCC5)c4)c23)nc1. The first-order chi connectivity index (χ1) is 17.8. The van der Waals surface area contributed by atoms with Crippen molar-refractivity contribution >= 4 is 22.4 Å². The van der Waals surface area contributed by atoms with E-state index in [9.17, 15) is 0 Å². The minimum atomic E-state index is 0.557. The quantitative estimate of drug-likeness (QED) is 0.362. The molecule has 178 valence electrons. The largest absolute Gasteiger partial charge is 0.378 e. The summed E-state index contributed by atoms with van der Waals surface area (Å²) in [5, 5.41) is 4.53. The lowest BCUT2D eigenvalue weighted by molar-refractivity contribution is 0.122. The summed E-state index contributed by atoms with van der Waals surface area (Å²) in [5.41, 5.74) is 6.11. The molecule has 0 unspecified atom stereocenters. The summed E-state index contributed by atoms with van der Waals surface area (Å²) in [5.74, 6) is 1.41. The summed E-state index contributed by atoms with van der Waals surface area (Å²) in [6.45, 7) is 3.86. The second kappa shape index (κ2) is 10.1. The van der Waals surface area contributed by atoms with Crippen LogP contribution in [0.2, 0.25) is 0 Å². The van der Waals surface area contributed by atoms with Crippen LogP contribution in [0.1, 0.15) is 5.69 Å². The Labute approximate surface area is 209 Å². The fraction of sp³-hybridized carbons (Fsp3) is 0.172. The molecule has 7 heteroatoms. The molecule has 0 aliphatic carbocycles. The van der Waals surface area contributed by atoms with E-state index in [1.165, 1.54) is 5.69 Å². The Kier molecular flexibility index (Phi) is 6.20. The van der Waals surface area contributed by atoms with Crippen LogP contribution < -0.4 is 10.2 Å². The van der Waals surface area contributed by atoms with Crippen molar-refractivity contribution < 1.29 is 4.74 Å². The third-order valence-corrected chi connectivity index (χ3v) is 6.34. The molecule has 5 aromatic rings. The van der Waals surface area contributed by atoms with Crippen LogP contribution in [0.15, 0.2) is 91.4 Å². The van der Waals surface area contributed by atoms with Crippen LogP contribution in [0, 0.1) is 0 Å². The Morgan fingerprint density at radius 3 is 2.56 bits per heavy atom. The zero-order chi connectivity index (χ0) is 24.2. The first-order valence-electron chi connectivity index (χ1n) is 12.1. The lowest BCUT2D eigenvalue weighted by Gasteiger charge is -2.29. The van der Waals surface area contributed by atoms with E-state index in [2.05, 4.69) is 56.6 Å². The molecule has 1 fully saturated rings. The van der Waals surface area contributed by atoms with Gasteiger partial charge in [-0.2, -0.15) is 0 Å². The van der Waals surface area contributed by atoms with Crippen LogP contribution in [0.25, 0.3) is 33.4 Å². The molecule has 0 spiro atoms. The molecule has 4 heterocycles. The molecular weight excluding hydrogens is 448 g/mol. The van der Waals surface area contributed by atoms with Gasteiger partial charge in [0.1, 0.15) is 5.82 Å². The summed E-state index contributed by atoms with van der Waals surface area (Å²) in [6.07, 6.45) is 5.35. The van der Waals surface area contributed by atoms with Gasteiger partial charge < -0.3 is 15.0 Å². The number of aromatic nitrogens is 4. The Morgan fingerprint density at radius 1 is 0.833 bits per heavy atom. The number of hydrogen-bond acceptors (Lipinski definition) is 7. The van der Waals surface area contributed by atoms with Gasteiger partial charge in [0.15, 0.2) is 5.82 Å². The molecule has 6 rings (SSSR count). The summed E-state index contributed by atoms with van der Waals surface area (Å²) < 4.78 is 5.54. The molecule has 3 aromatic heterocycles. The van der Waals surface area contributed by atoms with Crippen LogP contribution in [-0.4, -0.2) is 46.2 Å². The van der Waals surface area contributed by atoms with E-state index in [1.807, 2.05) is 36.4 Å². The van der Waals surface area contributed by atoms with E-state index in [4.69, 9.17) is 14.7 Å². The van der Waals surface area contributed by atoms with Crippen molar-refractivity contribution in [2.75, 3.05) is 36.5 Å². The van der Waals surface area contributed by atoms with Gasteiger partial charge in [-0.15, -0.1) is 0 Å². The van der Waals surface area contributed by atoms with Crippen LogP contribution >= 0.6 is 0 Å². The number of fused-ring (bicyclic) bond motifs is 1. The highest BCUT2D eigenvalue weighted by Gasteiger charge is 2.16. The number of morpholine rings is 1. The van der Waals surface area contributed by atoms with Crippen LogP contribution in [-0.2, 0) is 11.3 Å². The molecule has 2 aromatic carbocycles. The third kappa shape index (κ3) is 4.61. The highest BCUT2D eigenvalue weighted by molar-refractivity contribution is 6.02. The van der Waals surface area contributed by atoms with Crippen molar-refractivity contribution in [3.63, 3.8) is 0 Å². The van der Waals surface area contributed by atoms with Gasteiger partial charge in [-0.05, 0) is 53.6 Å². The van der Waals surface area contributed by atoms with E-state index in [0.717, 1.165) is 65.4 Å². The Balaban J connectivity index is 1.47. The molecule has 7 nitrogen and oxygen atoms in total. The van der Waals surface area contributed by atoms with E-state index >= 15 is 0 Å². The molecule has 0 radical (unpaired) electrons. The highest BCUT2D eigenvalue weighted by Crippen LogP contribution is 2.35. The van der Waals surface area contributed by atoms with Gasteiger partial charge in [0.05, 0.1) is 36.4 Å². The zero-order valence-electron chi connectivity index (χ0n) is 19.8. The number of rotatable bonds is 6. The monoisotopic (exact) mass is 474 g/mol. The summed E-state index contributed by atoms with van der Waals surface area (Å²) >= 11 is 0. The Hall–Kier alpha value is -4.36.